The van der Waals surface area contributed by atoms with Crippen molar-refractivity contribution in [2.75, 3.05) is 31.5 Å². The molecule has 4 aromatic rings. The summed E-state index contributed by atoms with van der Waals surface area (Å²) in [6, 6.07) is 9.04. The average molecular weight is 455 g/mol. The van der Waals surface area contributed by atoms with Crippen LogP contribution in [0.4, 0.5) is 11.4 Å². The second-order valence-electron chi connectivity index (χ2n) is 6.82. The maximum atomic E-state index is 12.7. The molecule has 0 saturated heterocycles. The molecule has 1 amide bonds. The molecule has 0 aliphatic carbocycles. The Kier molecular flexibility index (Phi) is 6.52. The summed E-state index contributed by atoms with van der Waals surface area (Å²) in [7, 11) is 2.86. The van der Waals surface area contributed by atoms with Gasteiger partial charge in [0, 0.05) is 30.5 Å². The number of nitrogens with one attached hydrogen (secondary N) is 2. The van der Waals surface area contributed by atoms with Crippen LogP contribution in [0.1, 0.15) is 25.9 Å². The lowest BCUT2D eigenvalue weighted by atomic mass is 10.2. The summed E-state index contributed by atoms with van der Waals surface area (Å²) < 4.78 is 17.1. The summed E-state index contributed by atoms with van der Waals surface area (Å²) >= 11 is 1.65. The molecule has 2 N–H and O–H groups in total. The van der Waals surface area contributed by atoms with Crippen molar-refractivity contribution < 1.29 is 23.5 Å². The summed E-state index contributed by atoms with van der Waals surface area (Å²) in [5, 5.41) is 8.74. The van der Waals surface area contributed by atoms with Crippen molar-refractivity contribution in [1.29, 1.82) is 0 Å². The monoisotopic (exact) mass is 454 g/mol. The van der Waals surface area contributed by atoms with Gasteiger partial charge in [-0.15, -0.1) is 11.3 Å². The minimum Gasteiger partial charge on any atom is -0.464 e. The van der Waals surface area contributed by atoms with Crippen LogP contribution in [-0.2, 0) is 22.6 Å². The highest BCUT2D eigenvalue weighted by Gasteiger charge is 2.27. The molecule has 0 unspecified atom stereocenters. The molecule has 4 heterocycles. The minimum atomic E-state index is -0.595. The summed E-state index contributed by atoms with van der Waals surface area (Å²) in [4.78, 5) is 31.2. The van der Waals surface area contributed by atoms with Gasteiger partial charge in [-0.25, -0.2) is 9.78 Å². The largest absolute Gasteiger partial charge is 0.464 e. The number of amides is 1. The van der Waals surface area contributed by atoms with Gasteiger partial charge >= 0.3 is 5.97 Å². The third-order valence-electron chi connectivity index (χ3n) is 4.83. The quantitative estimate of drug-likeness (QED) is 0.368. The van der Waals surface area contributed by atoms with Crippen molar-refractivity contribution in [1.82, 2.24) is 9.55 Å². The maximum Gasteiger partial charge on any atom is 0.356 e. The zero-order chi connectivity index (χ0) is 22.5. The number of ether oxygens (including phenoxy) is 2. The lowest BCUT2D eigenvalue weighted by Crippen LogP contribution is -2.18. The lowest BCUT2D eigenvalue weighted by molar-refractivity contribution is 0.0588. The number of pyridine rings is 1. The van der Waals surface area contributed by atoms with E-state index in [0.717, 1.165) is 5.69 Å². The van der Waals surface area contributed by atoms with E-state index in [2.05, 4.69) is 15.6 Å². The van der Waals surface area contributed by atoms with Gasteiger partial charge in [-0.05, 0) is 29.6 Å². The smallest absolute Gasteiger partial charge is 0.356 e. The van der Waals surface area contributed by atoms with Crippen LogP contribution < -0.4 is 10.6 Å². The molecule has 4 rings (SSSR count). The highest BCUT2D eigenvalue weighted by molar-refractivity contribution is 7.09. The van der Waals surface area contributed by atoms with E-state index in [-0.39, 0.29) is 11.5 Å². The zero-order valence-corrected chi connectivity index (χ0v) is 18.4. The summed E-state index contributed by atoms with van der Waals surface area (Å²) in [6.07, 6.45) is 3.10. The molecule has 9 nitrogen and oxygen atoms in total. The Balaban J connectivity index is 1.79. The Labute approximate surface area is 188 Å². The Morgan fingerprint density at radius 1 is 1.25 bits per heavy atom. The van der Waals surface area contributed by atoms with Crippen LogP contribution in [0.3, 0.4) is 0 Å². The predicted molar refractivity (Wildman–Crippen MR) is 121 cm³/mol. The van der Waals surface area contributed by atoms with Crippen LogP contribution in [0.5, 0.6) is 0 Å². The molecule has 0 atom stereocenters. The first-order chi connectivity index (χ1) is 15.6. The second kappa shape index (κ2) is 9.67. The number of nitrogens with zero attached hydrogens (tertiary/aromatic N) is 2. The zero-order valence-electron chi connectivity index (χ0n) is 17.6. The van der Waals surface area contributed by atoms with Crippen LogP contribution in [0.2, 0.25) is 0 Å². The Morgan fingerprint density at radius 3 is 2.81 bits per heavy atom. The van der Waals surface area contributed by atoms with Crippen molar-refractivity contribution >= 4 is 45.6 Å². The predicted octanol–water partition coefficient (Wildman–Crippen LogP) is 3.99. The third kappa shape index (κ3) is 4.36. The van der Waals surface area contributed by atoms with Crippen molar-refractivity contribution in [3.8, 4) is 0 Å². The van der Waals surface area contributed by atoms with Crippen molar-refractivity contribution in [3.63, 3.8) is 0 Å². The van der Waals surface area contributed by atoms with Crippen LogP contribution >= 0.6 is 11.3 Å². The van der Waals surface area contributed by atoms with E-state index < -0.39 is 11.9 Å². The fourth-order valence-electron chi connectivity index (χ4n) is 3.34. The summed E-state index contributed by atoms with van der Waals surface area (Å²) in [5.41, 5.74) is 1.76. The Morgan fingerprint density at radius 2 is 2.12 bits per heavy atom. The molecule has 10 heteroatoms. The van der Waals surface area contributed by atoms with E-state index >= 15 is 0 Å². The van der Waals surface area contributed by atoms with E-state index in [9.17, 15) is 9.59 Å². The molecule has 4 aromatic heterocycles. The fourth-order valence-corrected chi connectivity index (χ4v) is 3.99. The first-order valence-electron chi connectivity index (χ1n) is 9.83. The van der Waals surface area contributed by atoms with Crippen molar-refractivity contribution in [3.05, 3.63) is 64.5 Å². The summed E-state index contributed by atoms with van der Waals surface area (Å²) in [5.74, 6) is -0.955. The molecule has 0 radical (unpaired) electrons. The summed E-state index contributed by atoms with van der Waals surface area (Å²) in [6.45, 7) is 1.33. The Hall–Kier alpha value is -3.63. The number of furan rings is 1. The highest BCUT2D eigenvalue weighted by atomic mass is 32.1. The second-order valence-corrected chi connectivity index (χ2v) is 7.85. The van der Waals surface area contributed by atoms with Gasteiger partial charge in [-0.1, -0.05) is 6.07 Å². The molecule has 0 bridgehead atoms. The van der Waals surface area contributed by atoms with Crippen molar-refractivity contribution in [2.24, 2.45) is 0 Å². The van der Waals surface area contributed by atoms with E-state index in [0.29, 0.717) is 36.4 Å². The number of carbonyl (C=O) groups is 2. The molecule has 0 aliphatic heterocycles. The molecule has 166 valence electrons. The van der Waals surface area contributed by atoms with Crippen LogP contribution in [0, 0.1) is 0 Å². The Bertz CT molecular complexity index is 1220. The number of hydrogen-bond acceptors (Lipinski definition) is 8. The highest BCUT2D eigenvalue weighted by Crippen LogP contribution is 2.33. The van der Waals surface area contributed by atoms with E-state index in [1.807, 2.05) is 23.6 Å². The molecule has 0 aromatic carbocycles. The normalized spacial score (nSPS) is 10.9. The lowest BCUT2D eigenvalue weighted by Gasteiger charge is -2.10. The van der Waals surface area contributed by atoms with Crippen LogP contribution in [0.15, 0.2) is 52.6 Å². The first kappa shape index (κ1) is 21.6. The third-order valence-corrected chi connectivity index (χ3v) is 5.70. The topological polar surface area (TPSA) is 108 Å². The van der Waals surface area contributed by atoms with Gasteiger partial charge in [-0.2, -0.15) is 0 Å². The molecule has 0 spiro atoms. The van der Waals surface area contributed by atoms with Crippen LogP contribution in [-0.4, -0.2) is 42.3 Å². The molecule has 0 saturated carbocycles. The molecule has 0 aliphatic rings. The minimum absolute atomic E-state index is 0.124. The number of fused-ring (bicyclic) bond motifs is 1. The maximum absolute atomic E-state index is 12.7. The van der Waals surface area contributed by atoms with E-state index in [1.165, 1.54) is 18.3 Å². The molecular formula is C22H22N4O5S. The van der Waals surface area contributed by atoms with Gasteiger partial charge < -0.3 is 29.1 Å². The molecular weight excluding hydrogens is 432 g/mol. The SMILES string of the molecule is COCCn1c(C(=O)OC)c(NC(=O)c2ccco2)c2cc(NCc3cccs3)cnc21. The standard InChI is InChI=1S/C22H22N4O5S/c1-29-9-7-26-19(22(28)30-2)18(25-21(27)17-6-3-8-31-17)16-11-14(12-24-20(16)26)23-13-15-5-4-10-32-15/h3-6,8,10-12,23H,7,9,13H2,1-2H3,(H,25,27). The van der Waals surface area contributed by atoms with Crippen molar-refractivity contribution in [2.45, 2.75) is 13.1 Å². The van der Waals surface area contributed by atoms with Gasteiger partial charge in [0.05, 0.1) is 37.6 Å². The number of thiophene rings is 1. The van der Waals surface area contributed by atoms with Gasteiger partial charge in [0.15, 0.2) is 11.5 Å². The number of esters is 1. The number of aromatic nitrogens is 2. The average Bonchev–Trinajstić information content (AvgIpc) is 3.57. The van der Waals surface area contributed by atoms with E-state index in [1.54, 1.807) is 41.3 Å². The van der Waals surface area contributed by atoms with Crippen LogP contribution in [0.25, 0.3) is 11.0 Å². The van der Waals surface area contributed by atoms with Gasteiger partial charge in [0.25, 0.3) is 5.91 Å². The van der Waals surface area contributed by atoms with Gasteiger partial charge in [0.1, 0.15) is 5.65 Å². The molecule has 0 fully saturated rings. The molecule has 32 heavy (non-hydrogen) atoms. The van der Waals surface area contributed by atoms with Gasteiger partial charge in [0.2, 0.25) is 0 Å². The number of rotatable bonds is 9. The van der Waals surface area contributed by atoms with Gasteiger partial charge in [-0.3, -0.25) is 4.79 Å². The number of anilines is 2. The number of methoxy groups -OCH3 is 2. The number of hydrogen-bond donors (Lipinski definition) is 2. The van der Waals surface area contributed by atoms with E-state index in [4.69, 9.17) is 13.9 Å². The number of carbonyl (C=O) groups excluding carboxylic acids is 2. The fraction of sp³-hybridized carbons (Fsp3) is 0.227. The first-order valence-corrected chi connectivity index (χ1v) is 10.7.